The van der Waals surface area contributed by atoms with Crippen molar-refractivity contribution >= 4 is 44.8 Å². The average molecular weight is 447 g/mol. The molecule has 0 atom stereocenters. The van der Waals surface area contributed by atoms with Gasteiger partial charge in [0, 0.05) is 15.7 Å². The third-order valence-electron chi connectivity index (χ3n) is 3.51. The Balaban J connectivity index is 1.80. The normalized spacial score (nSPS) is 10.2. The average Bonchev–Trinajstić information content (AvgIpc) is 2.68. The summed E-state index contributed by atoms with van der Waals surface area (Å²) in [6, 6.07) is 11.8. The zero-order valence-corrected chi connectivity index (χ0v) is 15.6. The number of nitrogens with one attached hydrogen (secondary N) is 3. The maximum absolute atomic E-state index is 13.0. The fraction of sp³-hybridized carbons (Fsp3) is 0. The minimum atomic E-state index is -0.694. The highest BCUT2D eigenvalue weighted by molar-refractivity contribution is 9.10. The van der Waals surface area contributed by atoms with Crippen LogP contribution in [0.4, 0.5) is 27.4 Å². The molecule has 0 bridgehead atoms. The van der Waals surface area contributed by atoms with Crippen LogP contribution in [0.3, 0.4) is 0 Å². The molecule has 3 N–H and O–H groups in total. The van der Waals surface area contributed by atoms with E-state index in [1.807, 2.05) is 0 Å². The molecule has 0 aliphatic rings. The molecule has 0 aliphatic heterocycles. The van der Waals surface area contributed by atoms with E-state index in [1.165, 1.54) is 24.3 Å². The van der Waals surface area contributed by atoms with Crippen LogP contribution in [-0.4, -0.2) is 20.8 Å². The van der Waals surface area contributed by atoms with Crippen molar-refractivity contribution in [2.45, 2.75) is 0 Å². The summed E-state index contributed by atoms with van der Waals surface area (Å²) in [6.07, 6.45) is 1.09. The molecule has 28 heavy (non-hydrogen) atoms. The van der Waals surface area contributed by atoms with Crippen molar-refractivity contribution in [3.8, 4) is 0 Å². The van der Waals surface area contributed by atoms with Gasteiger partial charge in [0.1, 0.15) is 12.1 Å². The molecule has 1 amide bonds. The highest BCUT2D eigenvalue weighted by Gasteiger charge is 2.23. The molecule has 9 nitrogen and oxygen atoms in total. The maximum atomic E-state index is 13.0. The molecule has 0 spiro atoms. The van der Waals surface area contributed by atoms with Gasteiger partial charge in [-0.2, -0.15) is 0 Å². The topological polar surface area (TPSA) is 122 Å². The number of carbonyl (C=O) groups is 1. The second-order valence-corrected chi connectivity index (χ2v) is 6.31. The van der Waals surface area contributed by atoms with Crippen LogP contribution in [0, 0.1) is 15.9 Å². The quantitative estimate of drug-likeness (QED) is 0.388. The Morgan fingerprint density at radius 2 is 1.68 bits per heavy atom. The van der Waals surface area contributed by atoms with Crippen LogP contribution >= 0.6 is 15.9 Å². The first-order valence-electron chi connectivity index (χ1n) is 7.78. The number of aromatic nitrogens is 2. The number of nitro groups is 1. The smallest absolute Gasteiger partial charge is 0.334 e. The minimum Gasteiger partial charge on any atom is -0.334 e. The third-order valence-corrected chi connectivity index (χ3v) is 4.04. The number of anilines is 3. The van der Waals surface area contributed by atoms with Crippen molar-refractivity contribution in [2.24, 2.45) is 0 Å². The van der Waals surface area contributed by atoms with Crippen LogP contribution in [0.5, 0.6) is 0 Å². The first-order valence-corrected chi connectivity index (χ1v) is 8.57. The van der Waals surface area contributed by atoms with Gasteiger partial charge in [0.2, 0.25) is 11.6 Å². The van der Waals surface area contributed by atoms with E-state index in [1.54, 1.807) is 24.3 Å². The molecule has 0 radical (unpaired) electrons. The number of benzene rings is 2. The molecule has 11 heteroatoms. The van der Waals surface area contributed by atoms with E-state index in [0.717, 1.165) is 10.8 Å². The molecule has 0 aliphatic carbocycles. The van der Waals surface area contributed by atoms with Gasteiger partial charge < -0.3 is 5.32 Å². The van der Waals surface area contributed by atoms with E-state index < -0.39 is 22.3 Å². The van der Waals surface area contributed by atoms with Crippen LogP contribution in [0.1, 0.15) is 10.4 Å². The molecule has 142 valence electrons. The summed E-state index contributed by atoms with van der Waals surface area (Å²) >= 11 is 3.27. The number of hydrogen-bond acceptors (Lipinski definition) is 7. The molecule has 1 aromatic heterocycles. The van der Waals surface area contributed by atoms with E-state index in [9.17, 15) is 19.3 Å². The van der Waals surface area contributed by atoms with Crippen LogP contribution in [-0.2, 0) is 0 Å². The Morgan fingerprint density at radius 1 is 1.04 bits per heavy atom. The summed E-state index contributed by atoms with van der Waals surface area (Å²) in [6.45, 7) is 0. The number of nitrogens with zero attached hydrogens (tertiary/aromatic N) is 3. The van der Waals surface area contributed by atoms with E-state index >= 15 is 0 Å². The maximum Gasteiger partial charge on any atom is 0.355 e. The summed E-state index contributed by atoms with van der Waals surface area (Å²) in [7, 11) is 0. The first kappa shape index (κ1) is 19.2. The Labute approximate surface area is 166 Å². The summed E-state index contributed by atoms with van der Waals surface area (Å²) in [4.78, 5) is 30.6. The van der Waals surface area contributed by atoms with E-state index in [-0.39, 0.29) is 11.6 Å². The molecular weight excluding hydrogens is 435 g/mol. The van der Waals surface area contributed by atoms with Crippen LogP contribution in [0.2, 0.25) is 0 Å². The van der Waals surface area contributed by atoms with Crippen molar-refractivity contribution in [3.05, 3.63) is 80.8 Å². The zero-order chi connectivity index (χ0) is 20.1. The van der Waals surface area contributed by atoms with E-state index in [4.69, 9.17) is 0 Å². The van der Waals surface area contributed by atoms with Gasteiger partial charge in [0.15, 0.2) is 0 Å². The number of halogens is 2. The van der Waals surface area contributed by atoms with Gasteiger partial charge in [-0.1, -0.05) is 15.9 Å². The monoisotopic (exact) mass is 446 g/mol. The minimum absolute atomic E-state index is 0.119. The highest BCUT2D eigenvalue weighted by Crippen LogP contribution is 2.30. The number of amides is 1. The van der Waals surface area contributed by atoms with E-state index in [2.05, 4.69) is 42.1 Å². The first-order chi connectivity index (χ1) is 13.4. The fourth-order valence-corrected chi connectivity index (χ4v) is 2.46. The number of hydrogen-bond donors (Lipinski definition) is 3. The molecule has 0 saturated heterocycles. The standard InChI is InChI=1S/C17H12BrFN6O3/c18-11-3-1-10(2-4-11)17(26)24-23-16-14(25(27)28)15(20-9-21-16)22-13-7-5-12(19)6-8-13/h1-9H,(H,24,26)(H2,20,21,22,23). The summed E-state index contributed by atoms with van der Waals surface area (Å²) in [5.41, 5.74) is 5.05. The summed E-state index contributed by atoms with van der Waals surface area (Å²) in [5, 5.41) is 14.2. The Kier molecular flexibility index (Phi) is 5.75. The predicted octanol–water partition coefficient (Wildman–Crippen LogP) is 3.79. The largest absolute Gasteiger partial charge is 0.355 e. The van der Waals surface area contributed by atoms with Crippen LogP contribution < -0.4 is 16.2 Å². The Hall–Kier alpha value is -3.60. The molecule has 3 rings (SSSR count). The molecule has 1 heterocycles. The van der Waals surface area contributed by atoms with Crippen molar-refractivity contribution in [1.29, 1.82) is 0 Å². The lowest BCUT2D eigenvalue weighted by Gasteiger charge is -2.11. The van der Waals surface area contributed by atoms with Crippen molar-refractivity contribution < 1.29 is 14.1 Å². The van der Waals surface area contributed by atoms with Gasteiger partial charge in [-0.15, -0.1) is 0 Å². The van der Waals surface area contributed by atoms with Gasteiger partial charge in [-0.05, 0) is 48.5 Å². The van der Waals surface area contributed by atoms with Crippen molar-refractivity contribution in [3.63, 3.8) is 0 Å². The Morgan fingerprint density at radius 3 is 2.32 bits per heavy atom. The van der Waals surface area contributed by atoms with Gasteiger partial charge in [-0.3, -0.25) is 25.8 Å². The van der Waals surface area contributed by atoms with Gasteiger partial charge in [0.05, 0.1) is 4.92 Å². The molecule has 0 fully saturated rings. The Bertz CT molecular complexity index is 1010. The highest BCUT2D eigenvalue weighted by atomic mass is 79.9. The number of carbonyl (C=O) groups excluding carboxylic acids is 1. The summed E-state index contributed by atoms with van der Waals surface area (Å²) in [5.74, 6) is -1.28. The van der Waals surface area contributed by atoms with E-state index in [0.29, 0.717) is 11.3 Å². The SMILES string of the molecule is O=C(NNc1ncnc(Nc2ccc(F)cc2)c1[N+](=O)[O-])c1ccc(Br)cc1. The van der Waals surface area contributed by atoms with Gasteiger partial charge >= 0.3 is 5.69 Å². The fourth-order valence-electron chi connectivity index (χ4n) is 2.19. The van der Waals surface area contributed by atoms with Gasteiger partial charge in [-0.25, -0.2) is 14.4 Å². The summed E-state index contributed by atoms with van der Waals surface area (Å²) < 4.78 is 13.8. The lowest BCUT2D eigenvalue weighted by atomic mass is 10.2. The number of hydrazine groups is 1. The molecule has 0 unspecified atom stereocenters. The third kappa shape index (κ3) is 4.57. The lowest BCUT2D eigenvalue weighted by molar-refractivity contribution is -0.383. The second-order valence-electron chi connectivity index (χ2n) is 5.39. The van der Waals surface area contributed by atoms with Crippen molar-refractivity contribution in [2.75, 3.05) is 10.7 Å². The van der Waals surface area contributed by atoms with Crippen LogP contribution in [0.15, 0.2) is 59.3 Å². The molecule has 3 aromatic rings. The molecular formula is C17H12BrFN6O3. The zero-order valence-electron chi connectivity index (χ0n) is 14.0. The predicted molar refractivity (Wildman–Crippen MR) is 104 cm³/mol. The molecule has 2 aromatic carbocycles. The second kappa shape index (κ2) is 8.39. The molecule has 0 saturated carbocycles. The van der Waals surface area contributed by atoms with Crippen LogP contribution in [0.25, 0.3) is 0 Å². The van der Waals surface area contributed by atoms with Gasteiger partial charge in [0.25, 0.3) is 5.91 Å². The van der Waals surface area contributed by atoms with Crippen molar-refractivity contribution in [1.82, 2.24) is 15.4 Å². The number of rotatable bonds is 6. The lowest BCUT2D eigenvalue weighted by Crippen LogP contribution is -2.30.